The molecule has 0 amide bonds. The maximum Gasteiger partial charge on any atom is 0.332 e. The highest BCUT2D eigenvalue weighted by Gasteiger charge is 1.99. The van der Waals surface area contributed by atoms with E-state index in [1.165, 1.54) is 18.5 Å². The zero-order valence-electron chi connectivity index (χ0n) is 13.4. The first-order chi connectivity index (χ1) is 11.7. The Morgan fingerprint density at radius 3 is 3.00 bits per heavy atom. The summed E-state index contributed by atoms with van der Waals surface area (Å²) in [6.07, 6.45) is 10.9. The lowest BCUT2D eigenvalue weighted by atomic mass is 10.2. The summed E-state index contributed by atoms with van der Waals surface area (Å²) < 4.78 is 10.5. The fourth-order valence-corrected chi connectivity index (χ4v) is 1.87. The SMILES string of the molecule is C=C\C(=C/C=N/C=C/C(=O)OCC)Oc1ccc2ccncc2c1. The van der Waals surface area contributed by atoms with Gasteiger partial charge in [-0.3, -0.25) is 9.98 Å². The summed E-state index contributed by atoms with van der Waals surface area (Å²) in [5, 5.41) is 2.08. The van der Waals surface area contributed by atoms with Gasteiger partial charge in [0.1, 0.15) is 11.5 Å². The van der Waals surface area contributed by atoms with Crippen LogP contribution in [-0.4, -0.2) is 23.8 Å². The number of pyridine rings is 1. The van der Waals surface area contributed by atoms with Gasteiger partial charge in [-0.2, -0.15) is 0 Å². The van der Waals surface area contributed by atoms with E-state index in [0.717, 1.165) is 10.8 Å². The Hall–Kier alpha value is -3.21. The molecule has 0 spiro atoms. The van der Waals surface area contributed by atoms with E-state index in [9.17, 15) is 4.79 Å². The molecule has 0 radical (unpaired) electrons. The van der Waals surface area contributed by atoms with Crippen molar-refractivity contribution in [2.24, 2.45) is 4.99 Å². The van der Waals surface area contributed by atoms with Crippen LogP contribution in [0.4, 0.5) is 0 Å². The molecule has 24 heavy (non-hydrogen) atoms. The van der Waals surface area contributed by atoms with Gasteiger partial charge in [-0.05, 0) is 42.7 Å². The molecule has 0 fully saturated rings. The molecule has 0 saturated carbocycles. The lowest BCUT2D eigenvalue weighted by Crippen LogP contribution is -1.98. The van der Waals surface area contributed by atoms with Crippen LogP contribution < -0.4 is 4.74 Å². The van der Waals surface area contributed by atoms with E-state index in [0.29, 0.717) is 18.1 Å². The molecule has 0 N–H and O–H groups in total. The van der Waals surface area contributed by atoms with Crippen molar-refractivity contribution < 1.29 is 14.3 Å². The van der Waals surface area contributed by atoms with Gasteiger partial charge in [0.2, 0.25) is 0 Å². The lowest BCUT2D eigenvalue weighted by molar-refractivity contribution is -0.137. The third-order valence-electron chi connectivity index (χ3n) is 2.96. The first-order valence-corrected chi connectivity index (χ1v) is 7.43. The summed E-state index contributed by atoms with van der Waals surface area (Å²) in [5.74, 6) is 0.784. The molecule has 1 aromatic carbocycles. The smallest absolute Gasteiger partial charge is 0.332 e. The molecule has 5 heteroatoms. The van der Waals surface area contributed by atoms with Crippen molar-refractivity contribution in [3.05, 3.63) is 73.4 Å². The Morgan fingerprint density at radius 2 is 2.21 bits per heavy atom. The average molecular weight is 322 g/mol. The highest BCUT2D eigenvalue weighted by atomic mass is 16.5. The minimum atomic E-state index is -0.427. The van der Waals surface area contributed by atoms with Gasteiger partial charge in [-0.25, -0.2) is 4.79 Å². The minimum Gasteiger partial charge on any atom is -0.463 e. The number of hydrogen-bond donors (Lipinski definition) is 0. The molecule has 0 aliphatic rings. The standard InChI is InChI=1S/C19H18N2O3/c1-3-17(8-11-20-12-9-19(22)23-4-2)24-18-6-5-15-7-10-21-14-16(15)13-18/h3,5-14H,1,4H2,2H3/b12-9+,17-8+,20-11+. The zero-order chi connectivity index (χ0) is 17.2. The van der Waals surface area contributed by atoms with Crippen LogP contribution in [0.25, 0.3) is 10.8 Å². The molecule has 0 unspecified atom stereocenters. The lowest BCUT2D eigenvalue weighted by Gasteiger charge is -2.06. The van der Waals surface area contributed by atoms with Gasteiger partial charge in [0.15, 0.2) is 0 Å². The Kier molecular flexibility index (Phi) is 6.46. The molecule has 2 rings (SSSR count). The van der Waals surface area contributed by atoms with Crippen LogP contribution in [0.5, 0.6) is 5.75 Å². The van der Waals surface area contributed by atoms with Crippen molar-refractivity contribution in [3.63, 3.8) is 0 Å². The van der Waals surface area contributed by atoms with Gasteiger partial charge < -0.3 is 9.47 Å². The van der Waals surface area contributed by atoms with Crippen LogP contribution in [0.3, 0.4) is 0 Å². The molecule has 0 atom stereocenters. The minimum absolute atomic E-state index is 0.336. The normalized spacial score (nSPS) is 12.0. The van der Waals surface area contributed by atoms with Crippen LogP contribution in [0.15, 0.2) is 78.4 Å². The first kappa shape index (κ1) is 17.1. The number of esters is 1. The zero-order valence-corrected chi connectivity index (χ0v) is 13.4. The first-order valence-electron chi connectivity index (χ1n) is 7.43. The molecular weight excluding hydrogens is 304 g/mol. The predicted molar refractivity (Wildman–Crippen MR) is 94.9 cm³/mol. The maximum absolute atomic E-state index is 11.1. The number of aliphatic imine (C=N–C) groups is 1. The van der Waals surface area contributed by atoms with Gasteiger partial charge in [0.25, 0.3) is 0 Å². The van der Waals surface area contributed by atoms with E-state index in [1.807, 2.05) is 24.3 Å². The van der Waals surface area contributed by atoms with Gasteiger partial charge in [0.05, 0.1) is 6.61 Å². The summed E-state index contributed by atoms with van der Waals surface area (Å²) >= 11 is 0. The van der Waals surface area contributed by atoms with Crippen LogP contribution >= 0.6 is 0 Å². The second-order valence-electron chi connectivity index (χ2n) is 4.63. The Labute approximate surface area is 140 Å². The summed E-state index contributed by atoms with van der Waals surface area (Å²) in [5.41, 5.74) is 0. The Morgan fingerprint density at radius 1 is 1.33 bits per heavy atom. The molecular formula is C19H18N2O3. The number of fused-ring (bicyclic) bond motifs is 1. The number of carbonyl (C=O) groups is 1. The molecule has 1 heterocycles. The summed E-state index contributed by atoms with van der Waals surface area (Å²) in [6, 6.07) is 7.67. The number of hydrogen-bond acceptors (Lipinski definition) is 5. The van der Waals surface area contributed by atoms with Crippen LogP contribution in [0.1, 0.15) is 6.92 Å². The average Bonchev–Trinajstić information content (AvgIpc) is 2.60. The van der Waals surface area contributed by atoms with Gasteiger partial charge in [0, 0.05) is 36.3 Å². The fraction of sp³-hybridized carbons (Fsp3) is 0.105. The predicted octanol–water partition coefficient (Wildman–Crippen LogP) is 3.83. The Bertz CT molecular complexity index is 807. The number of benzene rings is 1. The van der Waals surface area contributed by atoms with E-state index in [1.54, 1.807) is 31.5 Å². The quantitative estimate of drug-likeness (QED) is 0.255. The number of nitrogens with zero attached hydrogens (tertiary/aromatic N) is 2. The van der Waals surface area contributed by atoms with E-state index < -0.39 is 5.97 Å². The van der Waals surface area contributed by atoms with E-state index in [2.05, 4.69) is 16.6 Å². The molecule has 0 saturated heterocycles. The summed E-state index contributed by atoms with van der Waals surface area (Å²) in [6.45, 7) is 5.79. The third kappa shape index (κ3) is 5.21. The molecule has 0 bridgehead atoms. The number of carbonyl (C=O) groups excluding carboxylic acids is 1. The second kappa shape index (κ2) is 9.05. The monoisotopic (exact) mass is 322 g/mol. The van der Waals surface area contributed by atoms with Crippen molar-refractivity contribution >= 4 is 23.0 Å². The van der Waals surface area contributed by atoms with Gasteiger partial charge >= 0.3 is 5.97 Å². The summed E-state index contributed by atoms with van der Waals surface area (Å²) in [4.78, 5) is 19.1. The van der Waals surface area contributed by atoms with Crippen LogP contribution in [-0.2, 0) is 9.53 Å². The molecule has 1 aromatic heterocycles. The maximum atomic E-state index is 11.1. The van der Waals surface area contributed by atoms with Crippen molar-refractivity contribution in [2.45, 2.75) is 6.92 Å². The Balaban J connectivity index is 2.02. The summed E-state index contributed by atoms with van der Waals surface area (Å²) in [7, 11) is 0. The highest BCUT2D eigenvalue weighted by molar-refractivity contribution is 5.83. The molecule has 2 aromatic rings. The largest absolute Gasteiger partial charge is 0.463 e. The van der Waals surface area contributed by atoms with Crippen molar-refractivity contribution in [2.75, 3.05) is 6.61 Å². The molecule has 122 valence electrons. The number of rotatable bonds is 7. The highest BCUT2D eigenvalue weighted by Crippen LogP contribution is 2.21. The van der Waals surface area contributed by atoms with E-state index in [4.69, 9.17) is 9.47 Å². The van der Waals surface area contributed by atoms with Crippen molar-refractivity contribution in [1.82, 2.24) is 4.98 Å². The van der Waals surface area contributed by atoms with Crippen LogP contribution in [0, 0.1) is 0 Å². The molecule has 0 aliphatic carbocycles. The van der Waals surface area contributed by atoms with Crippen molar-refractivity contribution in [1.29, 1.82) is 0 Å². The number of ether oxygens (including phenoxy) is 2. The van der Waals surface area contributed by atoms with E-state index >= 15 is 0 Å². The van der Waals surface area contributed by atoms with Crippen LogP contribution in [0.2, 0.25) is 0 Å². The topological polar surface area (TPSA) is 60.8 Å². The van der Waals surface area contributed by atoms with Gasteiger partial charge in [-0.15, -0.1) is 0 Å². The number of allylic oxidation sites excluding steroid dienone is 2. The fourth-order valence-electron chi connectivity index (χ4n) is 1.87. The third-order valence-corrected chi connectivity index (χ3v) is 2.96. The van der Waals surface area contributed by atoms with E-state index in [-0.39, 0.29) is 0 Å². The molecule has 5 nitrogen and oxygen atoms in total. The number of aromatic nitrogens is 1. The second-order valence-corrected chi connectivity index (χ2v) is 4.63. The van der Waals surface area contributed by atoms with Crippen molar-refractivity contribution in [3.8, 4) is 5.75 Å². The van der Waals surface area contributed by atoms with Gasteiger partial charge in [-0.1, -0.05) is 12.6 Å². The molecule has 0 aliphatic heterocycles.